The van der Waals surface area contributed by atoms with Crippen molar-refractivity contribution in [2.45, 2.75) is 0 Å². The predicted molar refractivity (Wildman–Crippen MR) is 15.5 cm³/mol. The maximum Gasteiger partial charge on any atom is 2.00 e. The van der Waals surface area contributed by atoms with E-state index >= 15 is 0 Å². The molecule has 0 aromatic carbocycles. The monoisotopic (exact) mass is 128 g/mol. The van der Waals surface area contributed by atoms with Gasteiger partial charge >= 0.3 is 67.3 Å². The summed E-state index contributed by atoms with van der Waals surface area (Å²) in [6, 6.07) is 0. The molecule has 0 bridgehead atoms. The van der Waals surface area contributed by atoms with Crippen LogP contribution in [0.25, 0.3) is 0 Å². The molecular formula is CH5CaNaO3. The standard InChI is InChI=1S/CH3O.Ca.Na.2H2O/c1-2;;;;/h1H3;;;2*1H2/q-1;+2;+1;;/p-2. The molecule has 6 heavy (non-hydrogen) atoms. The van der Waals surface area contributed by atoms with E-state index in [0.717, 1.165) is 7.11 Å². The van der Waals surface area contributed by atoms with Crippen LogP contribution in [0, 0.1) is 0 Å². The molecular weight excluding hydrogens is 123 g/mol. The molecule has 5 heteroatoms. The number of hydrogen-bond acceptors (Lipinski definition) is 3. The van der Waals surface area contributed by atoms with Gasteiger partial charge in [0.15, 0.2) is 0 Å². The van der Waals surface area contributed by atoms with E-state index in [0.29, 0.717) is 0 Å². The molecule has 0 aliphatic rings. The first-order valence-electron chi connectivity index (χ1n) is 0.408. The molecule has 0 aromatic rings. The van der Waals surface area contributed by atoms with Crippen LogP contribution in [0.5, 0.6) is 0 Å². The van der Waals surface area contributed by atoms with E-state index in [4.69, 9.17) is 5.11 Å². The second-order valence-corrected chi connectivity index (χ2v) is 0. The Morgan fingerprint density at radius 1 is 1.00 bits per heavy atom. The van der Waals surface area contributed by atoms with E-state index in [1.807, 2.05) is 0 Å². The SMILES string of the molecule is C[O-].[Ca+2].[Na+].[OH-].[OH-]. The summed E-state index contributed by atoms with van der Waals surface area (Å²) < 4.78 is 0. The van der Waals surface area contributed by atoms with Crippen molar-refractivity contribution >= 4 is 37.7 Å². The van der Waals surface area contributed by atoms with Gasteiger partial charge in [-0.05, 0) is 0 Å². The molecule has 0 heterocycles. The first kappa shape index (κ1) is 42.1. The van der Waals surface area contributed by atoms with E-state index in [1.165, 1.54) is 0 Å². The fourth-order valence-electron chi connectivity index (χ4n) is 0. The van der Waals surface area contributed by atoms with Crippen molar-refractivity contribution in [1.82, 2.24) is 0 Å². The topological polar surface area (TPSA) is 83.1 Å². The third-order valence-corrected chi connectivity index (χ3v) is 0. The summed E-state index contributed by atoms with van der Waals surface area (Å²) in [5, 5.41) is 8.25. The van der Waals surface area contributed by atoms with Crippen molar-refractivity contribution < 1.29 is 45.6 Å². The van der Waals surface area contributed by atoms with Gasteiger partial charge in [-0.1, -0.05) is 0 Å². The van der Waals surface area contributed by atoms with Gasteiger partial charge in [0.1, 0.15) is 0 Å². The average Bonchev–Trinajstić information content (AvgIpc) is 1.00. The van der Waals surface area contributed by atoms with Crippen LogP contribution >= 0.6 is 0 Å². The van der Waals surface area contributed by atoms with Crippen LogP contribution in [-0.4, -0.2) is 55.8 Å². The Morgan fingerprint density at radius 3 is 1.00 bits per heavy atom. The largest absolute Gasteiger partial charge is 2.00 e. The first-order chi connectivity index (χ1) is 1.00. The summed E-state index contributed by atoms with van der Waals surface area (Å²) >= 11 is 0. The minimum Gasteiger partial charge on any atom is -0.870 e. The fraction of sp³-hybridized carbons (Fsp3) is 1.00. The zero-order valence-corrected chi connectivity index (χ0v) is 8.22. The van der Waals surface area contributed by atoms with Crippen LogP contribution in [-0.2, 0) is 0 Å². The summed E-state index contributed by atoms with van der Waals surface area (Å²) in [6.07, 6.45) is 0. The Morgan fingerprint density at radius 2 is 1.00 bits per heavy atom. The van der Waals surface area contributed by atoms with Crippen molar-refractivity contribution in [1.29, 1.82) is 0 Å². The number of rotatable bonds is 0. The van der Waals surface area contributed by atoms with E-state index in [-0.39, 0.29) is 78.2 Å². The maximum absolute atomic E-state index is 8.25. The van der Waals surface area contributed by atoms with Crippen LogP contribution in [0.15, 0.2) is 0 Å². The Bertz CT molecular complexity index is 10.8. The second kappa shape index (κ2) is 58.8. The molecule has 0 aliphatic heterocycles. The van der Waals surface area contributed by atoms with Crippen molar-refractivity contribution in [3.63, 3.8) is 0 Å². The normalized spacial score (nSPS) is 1.00. The smallest absolute Gasteiger partial charge is 0.870 e. The summed E-state index contributed by atoms with van der Waals surface area (Å²) in [7, 11) is 0.750. The van der Waals surface area contributed by atoms with Gasteiger partial charge in [0.25, 0.3) is 0 Å². The zero-order valence-electron chi connectivity index (χ0n) is 4.01. The quantitative estimate of drug-likeness (QED) is 0.307. The molecule has 0 radical (unpaired) electrons. The van der Waals surface area contributed by atoms with Crippen LogP contribution in [0.4, 0.5) is 0 Å². The molecule has 0 unspecified atom stereocenters. The van der Waals surface area contributed by atoms with Crippen LogP contribution in [0.2, 0.25) is 0 Å². The Hall–Kier alpha value is 2.14. The van der Waals surface area contributed by atoms with E-state index < -0.39 is 0 Å². The van der Waals surface area contributed by atoms with Gasteiger partial charge in [0, 0.05) is 0 Å². The van der Waals surface area contributed by atoms with Gasteiger partial charge < -0.3 is 16.1 Å². The zero-order chi connectivity index (χ0) is 2.00. The van der Waals surface area contributed by atoms with Crippen LogP contribution in [0.1, 0.15) is 0 Å². The third kappa shape index (κ3) is 35.4. The van der Waals surface area contributed by atoms with Crippen molar-refractivity contribution in [2.75, 3.05) is 7.11 Å². The molecule has 0 fully saturated rings. The molecule has 0 aliphatic carbocycles. The fourth-order valence-corrected chi connectivity index (χ4v) is 0. The Kier molecular flexibility index (Phi) is 412. The van der Waals surface area contributed by atoms with Gasteiger partial charge in [0.2, 0.25) is 0 Å². The maximum atomic E-state index is 8.25. The van der Waals surface area contributed by atoms with Crippen molar-refractivity contribution in [2.24, 2.45) is 0 Å². The molecule has 2 N–H and O–H groups in total. The summed E-state index contributed by atoms with van der Waals surface area (Å²) in [4.78, 5) is 0. The summed E-state index contributed by atoms with van der Waals surface area (Å²) in [5.41, 5.74) is 0. The van der Waals surface area contributed by atoms with Crippen LogP contribution < -0.4 is 34.7 Å². The summed E-state index contributed by atoms with van der Waals surface area (Å²) in [5.74, 6) is 0. The van der Waals surface area contributed by atoms with E-state index in [9.17, 15) is 0 Å². The van der Waals surface area contributed by atoms with Gasteiger partial charge in [0.05, 0.1) is 0 Å². The van der Waals surface area contributed by atoms with Gasteiger partial charge in [-0.15, -0.1) is 0 Å². The molecule has 3 nitrogen and oxygen atoms in total. The van der Waals surface area contributed by atoms with Gasteiger partial charge in [-0.3, -0.25) is 0 Å². The molecule has 0 rings (SSSR count). The molecule has 0 saturated heterocycles. The van der Waals surface area contributed by atoms with E-state index in [2.05, 4.69) is 0 Å². The first-order valence-corrected chi connectivity index (χ1v) is 0.408. The molecule has 0 aromatic heterocycles. The predicted octanol–water partition coefficient (Wildman–Crippen LogP) is -4.75. The van der Waals surface area contributed by atoms with Gasteiger partial charge in [-0.25, -0.2) is 0 Å². The van der Waals surface area contributed by atoms with Crippen molar-refractivity contribution in [3.05, 3.63) is 0 Å². The minimum absolute atomic E-state index is 0. The molecule has 0 amide bonds. The second-order valence-electron chi connectivity index (χ2n) is 0. The Balaban J connectivity index is -0.000000000833. The molecule has 30 valence electrons. The Labute approximate surface area is 89.0 Å². The number of hydrogen-bond donors (Lipinski definition) is 0. The minimum atomic E-state index is 0. The summed E-state index contributed by atoms with van der Waals surface area (Å²) in [6.45, 7) is 0. The van der Waals surface area contributed by atoms with Crippen molar-refractivity contribution in [3.8, 4) is 0 Å². The third-order valence-electron chi connectivity index (χ3n) is 0. The molecule has 0 atom stereocenters. The molecule has 0 saturated carbocycles. The average molecular weight is 128 g/mol. The van der Waals surface area contributed by atoms with Gasteiger partial charge in [-0.2, -0.15) is 7.11 Å². The van der Waals surface area contributed by atoms with E-state index in [1.54, 1.807) is 0 Å². The van der Waals surface area contributed by atoms with Crippen LogP contribution in [0.3, 0.4) is 0 Å². The molecule has 0 spiro atoms.